The second-order valence-corrected chi connectivity index (χ2v) is 7.22. The molecule has 0 radical (unpaired) electrons. The number of aryl methyl sites for hydroxylation is 1. The topological polar surface area (TPSA) is 115 Å². The van der Waals surface area contributed by atoms with Gasteiger partial charge in [-0.25, -0.2) is 15.0 Å². The predicted octanol–water partition coefficient (Wildman–Crippen LogP) is 1.15. The van der Waals surface area contributed by atoms with Crippen LogP contribution in [-0.4, -0.2) is 54.8 Å². The van der Waals surface area contributed by atoms with Gasteiger partial charge in [0.05, 0.1) is 36.2 Å². The third-order valence-electron chi connectivity index (χ3n) is 4.99. The summed E-state index contributed by atoms with van der Waals surface area (Å²) in [7, 11) is 1.56. The Morgan fingerprint density at radius 3 is 2.82 bits per heavy atom. The van der Waals surface area contributed by atoms with Gasteiger partial charge in [0.25, 0.3) is 5.91 Å². The van der Waals surface area contributed by atoms with Gasteiger partial charge in [-0.15, -0.1) is 0 Å². The molecular formula is C19H22N6O3. The van der Waals surface area contributed by atoms with Gasteiger partial charge in [-0.05, 0) is 26.7 Å². The fourth-order valence-electron chi connectivity index (χ4n) is 3.08. The Kier molecular flexibility index (Phi) is 4.46. The van der Waals surface area contributed by atoms with Crippen molar-refractivity contribution in [2.45, 2.75) is 38.8 Å². The maximum atomic E-state index is 12.7. The summed E-state index contributed by atoms with van der Waals surface area (Å²) >= 11 is 0. The van der Waals surface area contributed by atoms with Gasteiger partial charge in [0, 0.05) is 24.5 Å². The van der Waals surface area contributed by atoms with Gasteiger partial charge in [0.2, 0.25) is 5.88 Å². The molecule has 146 valence electrons. The average molecular weight is 382 g/mol. The molecule has 3 aromatic rings. The van der Waals surface area contributed by atoms with E-state index in [9.17, 15) is 9.90 Å². The van der Waals surface area contributed by atoms with Gasteiger partial charge >= 0.3 is 0 Å². The summed E-state index contributed by atoms with van der Waals surface area (Å²) < 4.78 is 7.12. The Morgan fingerprint density at radius 2 is 2.11 bits per heavy atom. The number of ether oxygens (including phenoxy) is 1. The number of fused-ring (bicyclic) bond motifs is 1. The molecule has 0 bridgehead atoms. The summed E-state index contributed by atoms with van der Waals surface area (Å²) in [5.41, 5.74) is 3.14. The minimum atomic E-state index is -0.759. The van der Waals surface area contributed by atoms with Crippen molar-refractivity contribution in [2.24, 2.45) is 0 Å². The van der Waals surface area contributed by atoms with E-state index in [1.54, 1.807) is 19.5 Å². The highest BCUT2D eigenvalue weighted by atomic mass is 16.5. The molecule has 0 saturated heterocycles. The number of nitrogens with zero attached hydrogens (tertiary/aromatic N) is 5. The van der Waals surface area contributed by atoms with Gasteiger partial charge in [-0.1, -0.05) is 0 Å². The molecule has 1 fully saturated rings. The first kappa shape index (κ1) is 18.3. The van der Waals surface area contributed by atoms with Crippen molar-refractivity contribution in [1.82, 2.24) is 29.8 Å². The molecule has 1 amide bonds. The van der Waals surface area contributed by atoms with Crippen LogP contribution < -0.4 is 10.1 Å². The first-order chi connectivity index (χ1) is 13.4. The zero-order valence-electron chi connectivity index (χ0n) is 16.1. The number of rotatable bonds is 6. The highest BCUT2D eigenvalue weighted by Gasteiger charge is 2.40. The number of nitrogens with one attached hydrogen (secondary N) is 1. The first-order valence-corrected chi connectivity index (χ1v) is 9.08. The van der Waals surface area contributed by atoms with E-state index in [4.69, 9.17) is 4.74 Å². The van der Waals surface area contributed by atoms with Gasteiger partial charge in [0.15, 0.2) is 5.65 Å². The summed E-state index contributed by atoms with van der Waals surface area (Å²) in [6.07, 6.45) is 6.24. The number of carbonyl (C=O) groups excluding carboxylic acids is 1. The number of hydrogen-bond donors (Lipinski definition) is 2. The van der Waals surface area contributed by atoms with Gasteiger partial charge in [-0.3, -0.25) is 9.78 Å². The van der Waals surface area contributed by atoms with Crippen LogP contribution in [0.15, 0.2) is 18.7 Å². The monoisotopic (exact) mass is 382 g/mol. The Labute approximate surface area is 161 Å². The summed E-state index contributed by atoms with van der Waals surface area (Å²) in [5.74, 6) is 0.235. The summed E-state index contributed by atoms with van der Waals surface area (Å²) in [6, 6.07) is 0. The summed E-state index contributed by atoms with van der Waals surface area (Å²) in [4.78, 5) is 30.1. The molecular weight excluding hydrogens is 360 g/mol. The van der Waals surface area contributed by atoms with Crippen LogP contribution in [0.5, 0.6) is 5.88 Å². The quantitative estimate of drug-likeness (QED) is 0.657. The van der Waals surface area contributed by atoms with Crippen molar-refractivity contribution in [3.63, 3.8) is 0 Å². The van der Waals surface area contributed by atoms with Crippen LogP contribution in [0, 0.1) is 13.8 Å². The number of amides is 1. The van der Waals surface area contributed by atoms with Crippen LogP contribution in [0.1, 0.15) is 40.2 Å². The highest BCUT2D eigenvalue weighted by molar-refractivity contribution is 6.04. The van der Waals surface area contributed by atoms with Crippen molar-refractivity contribution >= 4 is 17.1 Å². The fraction of sp³-hybridized carbons (Fsp3) is 0.421. The molecule has 1 aliphatic rings. The summed E-state index contributed by atoms with van der Waals surface area (Å²) in [5, 5.41) is 12.8. The Hall–Kier alpha value is -3.07. The lowest BCUT2D eigenvalue weighted by Crippen LogP contribution is -2.33. The number of methoxy groups -OCH3 is 1. The minimum absolute atomic E-state index is 0.236. The van der Waals surface area contributed by atoms with E-state index in [-0.39, 0.29) is 12.5 Å². The van der Waals surface area contributed by atoms with Gasteiger partial charge in [0.1, 0.15) is 11.8 Å². The van der Waals surface area contributed by atoms with Crippen LogP contribution >= 0.6 is 0 Å². The smallest absolute Gasteiger partial charge is 0.255 e. The van der Waals surface area contributed by atoms with Crippen molar-refractivity contribution in [3.8, 4) is 5.88 Å². The average Bonchev–Trinajstić information content (AvgIpc) is 3.32. The standard InChI is InChI=1S/C19H22N6O3/c1-11-6-20-15-13(17(26)21-9-19(27)4-5-19)7-25(16(15)24-11)8-14-12(2)18(28-3)23-10-22-14/h6-7,10,27H,4-5,8-9H2,1-3H3,(H,21,26). The maximum absolute atomic E-state index is 12.7. The van der Waals surface area contributed by atoms with Crippen LogP contribution in [-0.2, 0) is 6.54 Å². The number of aromatic nitrogens is 5. The second-order valence-electron chi connectivity index (χ2n) is 7.22. The van der Waals surface area contributed by atoms with Crippen molar-refractivity contribution in [3.05, 3.63) is 41.2 Å². The van der Waals surface area contributed by atoms with Crippen molar-refractivity contribution in [1.29, 1.82) is 0 Å². The number of carbonyl (C=O) groups is 1. The van der Waals surface area contributed by atoms with E-state index < -0.39 is 5.60 Å². The zero-order chi connectivity index (χ0) is 19.9. The van der Waals surface area contributed by atoms with Gasteiger partial charge < -0.3 is 19.7 Å². The summed E-state index contributed by atoms with van der Waals surface area (Å²) in [6.45, 7) is 4.38. The van der Waals surface area contributed by atoms with E-state index in [1.807, 2.05) is 18.4 Å². The van der Waals surface area contributed by atoms with Crippen LogP contribution in [0.2, 0.25) is 0 Å². The third kappa shape index (κ3) is 3.40. The normalized spacial score (nSPS) is 14.9. The van der Waals surface area contributed by atoms with Gasteiger partial charge in [-0.2, -0.15) is 0 Å². The Morgan fingerprint density at radius 1 is 1.32 bits per heavy atom. The number of hydrogen-bond acceptors (Lipinski definition) is 7. The van der Waals surface area contributed by atoms with Crippen LogP contribution in [0.4, 0.5) is 0 Å². The molecule has 0 aliphatic heterocycles. The van der Waals surface area contributed by atoms with E-state index >= 15 is 0 Å². The van der Waals surface area contributed by atoms with E-state index in [2.05, 4.69) is 25.3 Å². The third-order valence-corrected chi connectivity index (χ3v) is 4.99. The minimum Gasteiger partial charge on any atom is -0.481 e. The molecule has 0 spiro atoms. The van der Waals surface area contributed by atoms with Crippen molar-refractivity contribution in [2.75, 3.05) is 13.7 Å². The molecule has 1 aliphatic carbocycles. The zero-order valence-corrected chi connectivity index (χ0v) is 16.1. The Bertz CT molecular complexity index is 1060. The van der Waals surface area contributed by atoms with Crippen molar-refractivity contribution < 1.29 is 14.6 Å². The Balaban J connectivity index is 1.70. The molecule has 0 atom stereocenters. The van der Waals surface area contributed by atoms with E-state index in [0.717, 1.165) is 17.0 Å². The highest BCUT2D eigenvalue weighted by Crippen LogP contribution is 2.34. The number of aliphatic hydroxyl groups is 1. The molecule has 28 heavy (non-hydrogen) atoms. The largest absolute Gasteiger partial charge is 0.481 e. The molecule has 3 heterocycles. The predicted molar refractivity (Wildman–Crippen MR) is 101 cm³/mol. The molecule has 0 unspecified atom stereocenters. The molecule has 2 N–H and O–H groups in total. The van der Waals surface area contributed by atoms with E-state index in [1.165, 1.54) is 6.33 Å². The lowest BCUT2D eigenvalue weighted by Gasteiger charge is -2.09. The maximum Gasteiger partial charge on any atom is 0.255 e. The fourth-order valence-corrected chi connectivity index (χ4v) is 3.08. The molecule has 1 saturated carbocycles. The molecule has 3 aromatic heterocycles. The first-order valence-electron chi connectivity index (χ1n) is 9.08. The molecule has 0 aromatic carbocycles. The molecule has 9 heteroatoms. The second kappa shape index (κ2) is 6.83. The SMILES string of the molecule is COc1ncnc(Cn2cc(C(=O)NCC3(O)CC3)c3ncc(C)nc32)c1C. The molecule has 4 rings (SSSR count). The van der Waals surface area contributed by atoms with Crippen LogP contribution in [0.25, 0.3) is 11.2 Å². The van der Waals surface area contributed by atoms with E-state index in [0.29, 0.717) is 42.0 Å². The lowest BCUT2D eigenvalue weighted by atomic mass is 10.2. The lowest BCUT2D eigenvalue weighted by molar-refractivity contribution is 0.0897. The van der Waals surface area contributed by atoms with Crippen LogP contribution in [0.3, 0.4) is 0 Å². The molecule has 9 nitrogen and oxygen atoms in total.